The summed E-state index contributed by atoms with van der Waals surface area (Å²) in [6.07, 6.45) is 5.37. The summed E-state index contributed by atoms with van der Waals surface area (Å²) >= 11 is 0. The number of benzene rings is 2. The molecule has 0 unspecified atom stereocenters. The number of fused-ring (bicyclic) bond motifs is 3. The number of aromatic carboxylic acids is 1. The van der Waals surface area contributed by atoms with Crippen LogP contribution in [0.2, 0.25) is 0 Å². The number of anilines is 1. The van der Waals surface area contributed by atoms with Crippen molar-refractivity contribution in [1.29, 1.82) is 0 Å². The highest BCUT2D eigenvalue weighted by atomic mass is 16.5. The Labute approximate surface area is 140 Å². The summed E-state index contributed by atoms with van der Waals surface area (Å²) in [5.74, 6) is 0.586. The number of allylic oxidation sites excluding steroid dienone is 2. The van der Waals surface area contributed by atoms with Crippen LogP contribution < -0.4 is 10.1 Å². The maximum Gasteiger partial charge on any atom is 0.335 e. The molecule has 2 N–H and O–H groups in total. The van der Waals surface area contributed by atoms with E-state index in [9.17, 15) is 9.90 Å². The number of carboxylic acids is 1. The monoisotopic (exact) mass is 321 g/mol. The number of para-hydroxylation sites is 1. The Hall–Kier alpha value is -2.75. The molecular weight excluding hydrogens is 302 g/mol. The van der Waals surface area contributed by atoms with Crippen LogP contribution in [-0.2, 0) is 0 Å². The lowest BCUT2D eigenvalue weighted by Gasteiger charge is -2.38. The van der Waals surface area contributed by atoms with Crippen LogP contribution in [-0.4, -0.2) is 18.2 Å². The van der Waals surface area contributed by atoms with Crippen LogP contribution in [0.25, 0.3) is 0 Å². The van der Waals surface area contributed by atoms with Gasteiger partial charge in [0.1, 0.15) is 5.75 Å². The van der Waals surface area contributed by atoms with Crippen LogP contribution in [0.5, 0.6) is 5.75 Å². The maximum atomic E-state index is 11.3. The molecule has 3 atom stereocenters. The fraction of sp³-hybridized carbons (Fsp3) is 0.250. The van der Waals surface area contributed by atoms with Crippen LogP contribution in [0.4, 0.5) is 5.69 Å². The summed E-state index contributed by atoms with van der Waals surface area (Å²) in [6, 6.07) is 13.6. The SMILES string of the molecule is COc1ccccc1[C@H]1Nc2ccc(C(=O)O)cc2[C@H]2C=CC[C@H]21. The molecule has 0 bridgehead atoms. The molecule has 4 rings (SSSR count). The van der Waals surface area contributed by atoms with Gasteiger partial charge >= 0.3 is 5.97 Å². The number of hydrogen-bond donors (Lipinski definition) is 2. The van der Waals surface area contributed by atoms with Gasteiger partial charge in [0, 0.05) is 17.2 Å². The Morgan fingerprint density at radius 3 is 2.83 bits per heavy atom. The zero-order valence-electron chi connectivity index (χ0n) is 13.4. The first-order chi connectivity index (χ1) is 11.7. The largest absolute Gasteiger partial charge is 0.496 e. The van der Waals surface area contributed by atoms with E-state index in [-0.39, 0.29) is 12.0 Å². The lowest BCUT2D eigenvalue weighted by molar-refractivity contribution is 0.0696. The molecule has 2 aromatic rings. The van der Waals surface area contributed by atoms with Gasteiger partial charge in [-0.15, -0.1) is 0 Å². The summed E-state index contributed by atoms with van der Waals surface area (Å²) < 4.78 is 5.55. The van der Waals surface area contributed by atoms with E-state index in [0.717, 1.165) is 29.0 Å². The maximum absolute atomic E-state index is 11.3. The van der Waals surface area contributed by atoms with E-state index >= 15 is 0 Å². The summed E-state index contributed by atoms with van der Waals surface area (Å²) in [4.78, 5) is 11.3. The smallest absolute Gasteiger partial charge is 0.335 e. The van der Waals surface area contributed by atoms with Gasteiger partial charge in [-0.25, -0.2) is 4.79 Å². The van der Waals surface area contributed by atoms with E-state index in [1.165, 1.54) is 0 Å². The Morgan fingerprint density at radius 2 is 2.04 bits per heavy atom. The third-order valence-corrected chi connectivity index (χ3v) is 5.08. The predicted octanol–water partition coefficient (Wildman–Crippen LogP) is 4.22. The molecule has 4 heteroatoms. The van der Waals surface area contributed by atoms with Crippen LogP contribution in [0.1, 0.15) is 39.9 Å². The van der Waals surface area contributed by atoms with Gasteiger partial charge in [0.05, 0.1) is 18.7 Å². The molecule has 0 saturated heterocycles. The molecule has 0 amide bonds. The Bertz CT molecular complexity index is 827. The molecule has 1 heterocycles. The average molecular weight is 321 g/mol. The van der Waals surface area contributed by atoms with Crippen molar-refractivity contribution in [2.45, 2.75) is 18.4 Å². The summed E-state index contributed by atoms with van der Waals surface area (Å²) in [5.41, 5.74) is 3.56. The van der Waals surface area contributed by atoms with Crippen molar-refractivity contribution in [2.75, 3.05) is 12.4 Å². The number of carboxylic acid groups (broad SMARTS) is 1. The first-order valence-electron chi connectivity index (χ1n) is 8.12. The second-order valence-electron chi connectivity index (χ2n) is 6.32. The van der Waals surface area contributed by atoms with E-state index in [2.05, 4.69) is 23.5 Å². The molecule has 1 aliphatic carbocycles. The van der Waals surface area contributed by atoms with Crippen molar-refractivity contribution in [3.05, 3.63) is 71.3 Å². The van der Waals surface area contributed by atoms with Gasteiger partial charge in [0.2, 0.25) is 0 Å². The number of hydrogen-bond acceptors (Lipinski definition) is 3. The van der Waals surface area contributed by atoms with Crippen molar-refractivity contribution in [2.24, 2.45) is 5.92 Å². The van der Waals surface area contributed by atoms with Crippen LogP contribution in [0, 0.1) is 5.92 Å². The Kier molecular flexibility index (Phi) is 3.53. The molecule has 0 saturated carbocycles. The summed E-state index contributed by atoms with van der Waals surface area (Å²) in [7, 11) is 1.69. The summed E-state index contributed by atoms with van der Waals surface area (Å²) in [5, 5.41) is 12.9. The highest BCUT2D eigenvalue weighted by Gasteiger charge is 2.39. The van der Waals surface area contributed by atoms with E-state index in [1.807, 2.05) is 24.3 Å². The lowest BCUT2D eigenvalue weighted by atomic mass is 9.76. The van der Waals surface area contributed by atoms with Gasteiger partial charge in [-0.05, 0) is 42.2 Å². The molecule has 0 aromatic heterocycles. The molecule has 2 aromatic carbocycles. The van der Waals surface area contributed by atoms with Crippen molar-refractivity contribution in [3.63, 3.8) is 0 Å². The highest BCUT2D eigenvalue weighted by Crippen LogP contribution is 2.51. The van der Waals surface area contributed by atoms with E-state index in [4.69, 9.17) is 4.74 Å². The van der Waals surface area contributed by atoms with Gasteiger partial charge < -0.3 is 15.2 Å². The summed E-state index contributed by atoms with van der Waals surface area (Å²) in [6.45, 7) is 0. The number of carbonyl (C=O) groups is 1. The van der Waals surface area contributed by atoms with Crippen molar-refractivity contribution in [3.8, 4) is 5.75 Å². The fourth-order valence-corrected chi connectivity index (χ4v) is 3.96. The second kappa shape index (κ2) is 5.71. The molecule has 24 heavy (non-hydrogen) atoms. The fourth-order valence-electron chi connectivity index (χ4n) is 3.96. The average Bonchev–Trinajstić information content (AvgIpc) is 3.10. The minimum Gasteiger partial charge on any atom is -0.496 e. The minimum atomic E-state index is -0.886. The van der Waals surface area contributed by atoms with Crippen molar-refractivity contribution >= 4 is 11.7 Å². The quantitative estimate of drug-likeness (QED) is 0.831. The van der Waals surface area contributed by atoms with Crippen LogP contribution >= 0.6 is 0 Å². The van der Waals surface area contributed by atoms with E-state index in [0.29, 0.717) is 11.5 Å². The zero-order valence-corrected chi connectivity index (χ0v) is 13.4. The first-order valence-corrected chi connectivity index (χ1v) is 8.12. The van der Waals surface area contributed by atoms with Gasteiger partial charge in [-0.2, -0.15) is 0 Å². The third kappa shape index (κ3) is 2.26. The molecule has 0 radical (unpaired) electrons. The molecule has 122 valence electrons. The molecule has 4 nitrogen and oxygen atoms in total. The third-order valence-electron chi connectivity index (χ3n) is 5.08. The van der Waals surface area contributed by atoms with Gasteiger partial charge in [-0.3, -0.25) is 0 Å². The first kappa shape index (κ1) is 14.8. The topological polar surface area (TPSA) is 58.6 Å². The van der Waals surface area contributed by atoms with Gasteiger partial charge in [0.25, 0.3) is 0 Å². The molecule has 0 spiro atoms. The molecule has 2 aliphatic rings. The molecule has 0 fully saturated rings. The van der Waals surface area contributed by atoms with Crippen molar-refractivity contribution in [1.82, 2.24) is 0 Å². The lowest BCUT2D eigenvalue weighted by Crippen LogP contribution is -2.29. The Balaban J connectivity index is 1.80. The van der Waals surface area contributed by atoms with Crippen molar-refractivity contribution < 1.29 is 14.6 Å². The minimum absolute atomic E-state index is 0.143. The molecule has 1 aliphatic heterocycles. The van der Waals surface area contributed by atoms with Crippen LogP contribution in [0.3, 0.4) is 0 Å². The van der Waals surface area contributed by atoms with E-state index in [1.54, 1.807) is 19.2 Å². The normalized spacial score (nSPS) is 24.0. The second-order valence-corrected chi connectivity index (χ2v) is 6.32. The number of rotatable bonds is 3. The standard InChI is InChI=1S/C20H19NO3/c1-24-18-8-3-2-5-15(18)19-14-7-4-6-13(14)16-11-12(20(22)23)9-10-17(16)21-19/h2-6,8-11,13-14,19,21H,7H2,1H3,(H,22,23)/t13-,14+,19-/m0/s1. The van der Waals surface area contributed by atoms with Gasteiger partial charge in [-0.1, -0.05) is 30.4 Å². The van der Waals surface area contributed by atoms with E-state index < -0.39 is 5.97 Å². The van der Waals surface area contributed by atoms with Crippen LogP contribution in [0.15, 0.2) is 54.6 Å². The predicted molar refractivity (Wildman–Crippen MR) is 92.7 cm³/mol. The Morgan fingerprint density at radius 1 is 1.21 bits per heavy atom. The number of methoxy groups -OCH3 is 1. The molecular formula is C20H19NO3. The van der Waals surface area contributed by atoms with Gasteiger partial charge in [0.15, 0.2) is 0 Å². The highest BCUT2D eigenvalue weighted by molar-refractivity contribution is 5.89. The number of ether oxygens (including phenoxy) is 1. The zero-order chi connectivity index (χ0) is 16.7. The number of nitrogens with one attached hydrogen (secondary N) is 1.